The van der Waals surface area contributed by atoms with E-state index in [2.05, 4.69) is 27.5 Å². The minimum Gasteiger partial charge on any atom is -0.480 e. The monoisotopic (exact) mass is 489 g/mol. The number of rotatable bonds is 14. The number of nitroso groups, excluding NO2 is 1. The van der Waals surface area contributed by atoms with Gasteiger partial charge in [-0.2, -0.15) is 10.0 Å². The Labute approximate surface area is 210 Å². The average Bonchev–Trinajstić information content (AvgIpc) is 2.86. The highest BCUT2D eigenvalue weighted by Crippen LogP contribution is 2.18. The molecule has 2 aromatic carbocycles. The number of nitrogens with zero attached hydrogens (tertiary/aromatic N) is 3. The van der Waals surface area contributed by atoms with E-state index in [-0.39, 0.29) is 24.4 Å². The molecule has 0 aliphatic rings. The van der Waals surface area contributed by atoms with Crippen molar-refractivity contribution in [2.45, 2.75) is 32.7 Å². The fourth-order valence-corrected chi connectivity index (χ4v) is 3.63. The first-order chi connectivity index (χ1) is 17.5. The summed E-state index contributed by atoms with van der Waals surface area (Å²) in [5, 5.41) is 13.3. The highest BCUT2D eigenvalue weighted by molar-refractivity contribution is 5.79. The summed E-state index contributed by atoms with van der Waals surface area (Å²) in [5.41, 5.74) is 3.78. The molecule has 188 valence electrons. The van der Waals surface area contributed by atoms with Crippen LogP contribution in [0.1, 0.15) is 30.9 Å². The summed E-state index contributed by atoms with van der Waals surface area (Å²) in [6.45, 7) is 7.30. The molecule has 2 N–H and O–H groups in total. The Kier molecular flexibility index (Phi) is 9.93. The van der Waals surface area contributed by atoms with Gasteiger partial charge in [-0.05, 0) is 61.7 Å². The lowest BCUT2D eigenvalue weighted by Crippen LogP contribution is -2.26. The van der Waals surface area contributed by atoms with Gasteiger partial charge in [0.1, 0.15) is 0 Å². The van der Waals surface area contributed by atoms with Crippen LogP contribution in [0.15, 0.2) is 83.1 Å². The number of unbranched alkanes of at least 4 members (excludes halogenated alkanes) is 1. The number of carbonyl (C=O) groups excluding carboxylic acids is 1. The molecule has 1 aromatic heterocycles. The molecule has 0 unspecified atom stereocenters. The first-order valence-corrected chi connectivity index (χ1v) is 11.9. The standard InChI is InChI=1S/C27H31N5O4/c1-3-36-20(2)30-24-11-7-9-22(17-24)19-32-27(34)13-12-25(31-32)23-10-6-8-21(16-23)18-26(33)28-14-4-5-15-29-35/h6-13,16-17,30H,2-5,14-15,18-19H2,1H3,(H,28,33). The summed E-state index contributed by atoms with van der Waals surface area (Å²) in [7, 11) is 0. The first-order valence-electron chi connectivity index (χ1n) is 11.9. The molecule has 0 aliphatic heterocycles. The van der Waals surface area contributed by atoms with Crippen molar-refractivity contribution >= 4 is 11.6 Å². The molecule has 3 aromatic rings. The molecule has 1 heterocycles. The fraction of sp³-hybridized carbons (Fsp3) is 0.296. The molecule has 0 fully saturated rings. The van der Waals surface area contributed by atoms with E-state index < -0.39 is 0 Å². The quantitative estimate of drug-likeness (QED) is 0.200. The number of nitrogens with one attached hydrogen (secondary N) is 2. The molecule has 1 amide bonds. The predicted molar refractivity (Wildman–Crippen MR) is 140 cm³/mol. The second-order valence-electron chi connectivity index (χ2n) is 8.18. The maximum Gasteiger partial charge on any atom is 0.267 e. The van der Waals surface area contributed by atoms with Crippen molar-refractivity contribution in [3.05, 3.63) is 99.5 Å². The van der Waals surface area contributed by atoms with Crippen LogP contribution in [0.4, 0.5) is 5.69 Å². The van der Waals surface area contributed by atoms with Gasteiger partial charge in [0.2, 0.25) is 5.91 Å². The van der Waals surface area contributed by atoms with Crippen LogP contribution in [0.3, 0.4) is 0 Å². The van der Waals surface area contributed by atoms with E-state index in [9.17, 15) is 14.5 Å². The number of hydrogen-bond donors (Lipinski definition) is 2. The SMILES string of the molecule is C=C(Nc1cccc(Cn2nc(-c3cccc(CC(=O)NCCCCN=O)c3)ccc2=O)c1)OCC. The molecular formula is C27H31N5O4. The van der Waals surface area contributed by atoms with Gasteiger partial charge in [0, 0.05) is 23.9 Å². The van der Waals surface area contributed by atoms with Crippen molar-refractivity contribution in [2.24, 2.45) is 5.18 Å². The van der Waals surface area contributed by atoms with Crippen LogP contribution in [0.5, 0.6) is 0 Å². The zero-order valence-electron chi connectivity index (χ0n) is 20.4. The van der Waals surface area contributed by atoms with Crippen molar-refractivity contribution in [3.8, 4) is 11.3 Å². The Hall–Kier alpha value is -4.27. The van der Waals surface area contributed by atoms with Gasteiger partial charge in [0.05, 0.1) is 31.8 Å². The maximum atomic E-state index is 12.5. The second kappa shape index (κ2) is 13.6. The molecular weight excluding hydrogens is 458 g/mol. The molecule has 0 spiro atoms. The van der Waals surface area contributed by atoms with Crippen molar-refractivity contribution in [3.63, 3.8) is 0 Å². The largest absolute Gasteiger partial charge is 0.480 e. The van der Waals surface area contributed by atoms with Gasteiger partial charge in [-0.3, -0.25) is 9.59 Å². The van der Waals surface area contributed by atoms with E-state index in [4.69, 9.17) is 4.74 Å². The third kappa shape index (κ3) is 8.19. The van der Waals surface area contributed by atoms with Gasteiger partial charge < -0.3 is 15.4 Å². The lowest BCUT2D eigenvalue weighted by Gasteiger charge is -2.12. The van der Waals surface area contributed by atoms with Gasteiger partial charge >= 0.3 is 0 Å². The molecule has 0 aliphatic carbocycles. The number of carbonyl (C=O) groups is 1. The molecule has 0 atom stereocenters. The number of aromatic nitrogens is 2. The zero-order chi connectivity index (χ0) is 25.8. The normalized spacial score (nSPS) is 10.5. The Morgan fingerprint density at radius 2 is 1.89 bits per heavy atom. The minimum atomic E-state index is -0.212. The molecule has 9 nitrogen and oxygen atoms in total. The van der Waals surface area contributed by atoms with Crippen molar-refractivity contribution in [2.75, 3.05) is 25.0 Å². The molecule has 0 saturated carbocycles. The zero-order valence-corrected chi connectivity index (χ0v) is 20.4. The van der Waals surface area contributed by atoms with E-state index in [1.165, 1.54) is 10.7 Å². The summed E-state index contributed by atoms with van der Waals surface area (Å²) >= 11 is 0. The molecule has 9 heteroatoms. The van der Waals surface area contributed by atoms with Crippen molar-refractivity contribution < 1.29 is 9.53 Å². The van der Waals surface area contributed by atoms with Crippen LogP contribution in [0.2, 0.25) is 0 Å². The Balaban J connectivity index is 1.69. The van der Waals surface area contributed by atoms with Gasteiger partial charge in [-0.1, -0.05) is 35.5 Å². The summed E-state index contributed by atoms with van der Waals surface area (Å²) in [4.78, 5) is 34.9. The molecule has 36 heavy (non-hydrogen) atoms. The van der Waals surface area contributed by atoms with Crippen molar-refractivity contribution in [1.82, 2.24) is 15.1 Å². The van der Waals surface area contributed by atoms with Crippen LogP contribution in [-0.2, 0) is 22.5 Å². The van der Waals surface area contributed by atoms with Gasteiger partial charge in [0.15, 0.2) is 5.88 Å². The highest BCUT2D eigenvalue weighted by atomic mass is 16.5. The predicted octanol–water partition coefficient (Wildman–Crippen LogP) is 4.08. The molecule has 0 saturated heterocycles. The highest BCUT2D eigenvalue weighted by Gasteiger charge is 2.08. The maximum absolute atomic E-state index is 12.5. The molecule has 0 radical (unpaired) electrons. The van der Waals surface area contributed by atoms with Crippen LogP contribution >= 0.6 is 0 Å². The van der Waals surface area contributed by atoms with Crippen LogP contribution in [-0.4, -0.2) is 35.4 Å². The Bertz CT molecular complexity index is 1250. The van der Waals surface area contributed by atoms with Gasteiger partial charge in [0.25, 0.3) is 5.56 Å². The van der Waals surface area contributed by atoms with Crippen LogP contribution in [0, 0.1) is 4.91 Å². The third-order valence-electron chi connectivity index (χ3n) is 5.31. The number of ether oxygens (including phenoxy) is 1. The van der Waals surface area contributed by atoms with Crippen molar-refractivity contribution in [1.29, 1.82) is 0 Å². The topological polar surface area (TPSA) is 115 Å². The smallest absolute Gasteiger partial charge is 0.267 e. The number of hydrogen-bond acceptors (Lipinski definition) is 7. The summed E-state index contributed by atoms with van der Waals surface area (Å²) in [6, 6.07) is 18.3. The first kappa shape index (κ1) is 26.3. The van der Waals surface area contributed by atoms with Gasteiger partial charge in [-0.15, -0.1) is 0 Å². The average molecular weight is 490 g/mol. The lowest BCUT2D eigenvalue weighted by molar-refractivity contribution is -0.120. The van der Waals surface area contributed by atoms with E-state index in [0.29, 0.717) is 44.1 Å². The molecule has 3 rings (SSSR count). The van der Waals surface area contributed by atoms with E-state index in [1.807, 2.05) is 55.5 Å². The summed E-state index contributed by atoms with van der Waals surface area (Å²) < 4.78 is 6.76. The Morgan fingerprint density at radius 3 is 2.69 bits per heavy atom. The van der Waals surface area contributed by atoms with Crippen LogP contribution < -0.4 is 16.2 Å². The van der Waals surface area contributed by atoms with E-state index in [0.717, 1.165) is 22.4 Å². The second-order valence-corrected chi connectivity index (χ2v) is 8.18. The summed E-state index contributed by atoms with van der Waals surface area (Å²) in [6.07, 6.45) is 1.60. The minimum absolute atomic E-state index is 0.0929. The van der Waals surface area contributed by atoms with E-state index >= 15 is 0 Å². The number of anilines is 1. The number of amides is 1. The number of benzene rings is 2. The van der Waals surface area contributed by atoms with E-state index in [1.54, 1.807) is 6.07 Å². The third-order valence-corrected chi connectivity index (χ3v) is 5.31. The fourth-order valence-electron chi connectivity index (χ4n) is 3.63. The molecule has 0 bridgehead atoms. The summed E-state index contributed by atoms with van der Waals surface area (Å²) in [5.74, 6) is 0.361. The Morgan fingerprint density at radius 1 is 1.08 bits per heavy atom. The van der Waals surface area contributed by atoms with Crippen LogP contribution in [0.25, 0.3) is 11.3 Å². The van der Waals surface area contributed by atoms with Gasteiger partial charge in [-0.25, -0.2) is 4.68 Å². The lowest BCUT2D eigenvalue weighted by atomic mass is 10.1.